The summed E-state index contributed by atoms with van der Waals surface area (Å²) in [6.07, 6.45) is 1.50. The molecule has 1 aromatic heterocycles. The zero-order valence-electron chi connectivity index (χ0n) is 11.6. The Morgan fingerprint density at radius 2 is 2.05 bits per heavy atom. The van der Waals surface area contributed by atoms with Gasteiger partial charge in [-0.25, -0.2) is 4.79 Å². The van der Waals surface area contributed by atoms with Crippen molar-refractivity contribution in [1.82, 2.24) is 4.98 Å². The van der Waals surface area contributed by atoms with E-state index in [9.17, 15) is 18.0 Å². The van der Waals surface area contributed by atoms with Gasteiger partial charge in [0.05, 0.1) is 17.9 Å². The number of thioether (sulfide) groups is 1. The summed E-state index contributed by atoms with van der Waals surface area (Å²) < 4.78 is 43.0. The van der Waals surface area contributed by atoms with Crippen molar-refractivity contribution >= 4 is 17.7 Å². The highest BCUT2D eigenvalue weighted by Crippen LogP contribution is 2.41. The smallest absolute Gasteiger partial charge is 0.446 e. The van der Waals surface area contributed by atoms with E-state index in [0.717, 1.165) is 0 Å². The van der Waals surface area contributed by atoms with E-state index < -0.39 is 11.5 Å². The standard InChI is InChI=1S/C15H12F3NO2S/c1-2-21-14(20)10-6-7-11(12-5-3-4-8-19-12)13(9-10)22-15(16,17)18/h3-9H,2H2,1H3. The zero-order chi connectivity index (χ0) is 16.2. The first-order chi connectivity index (χ1) is 10.4. The second kappa shape index (κ2) is 6.83. The highest BCUT2D eigenvalue weighted by molar-refractivity contribution is 8.00. The molecule has 0 radical (unpaired) electrons. The SMILES string of the molecule is CCOC(=O)c1ccc(-c2ccccn2)c(SC(F)(F)F)c1. The quantitative estimate of drug-likeness (QED) is 0.610. The van der Waals surface area contributed by atoms with Crippen LogP contribution in [0.4, 0.5) is 13.2 Å². The van der Waals surface area contributed by atoms with Gasteiger partial charge in [-0.05, 0) is 43.0 Å². The summed E-state index contributed by atoms with van der Waals surface area (Å²) in [7, 11) is 0. The second-order valence-corrected chi connectivity index (χ2v) is 5.30. The van der Waals surface area contributed by atoms with Gasteiger partial charge in [0.1, 0.15) is 0 Å². The van der Waals surface area contributed by atoms with Gasteiger partial charge in [-0.15, -0.1) is 0 Å². The average molecular weight is 327 g/mol. The third kappa shape index (κ3) is 4.24. The van der Waals surface area contributed by atoms with Crippen LogP contribution in [0.3, 0.4) is 0 Å². The Bertz CT molecular complexity index is 660. The molecule has 1 aromatic carbocycles. The third-order valence-corrected chi connectivity index (χ3v) is 3.45. The van der Waals surface area contributed by atoms with Gasteiger partial charge in [-0.3, -0.25) is 4.98 Å². The molecule has 3 nitrogen and oxygen atoms in total. The molecule has 0 amide bonds. The first-order valence-corrected chi connectivity index (χ1v) is 7.20. The van der Waals surface area contributed by atoms with E-state index >= 15 is 0 Å². The summed E-state index contributed by atoms with van der Waals surface area (Å²) in [5.74, 6) is -0.654. The number of halogens is 3. The molecular weight excluding hydrogens is 315 g/mol. The molecule has 2 rings (SSSR count). The second-order valence-electron chi connectivity index (χ2n) is 4.19. The number of hydrogen-bond acceptors (Lipinski definition) is 4. The predicted molar refractivity (Wildman–Crippen MR) is 77.5 cm³/mol. The number of pyridine rings is 1. The molecular formula is C15H12F3NO2S. The van der Waals surface area contributed by atoms with Crippen LogP contribution in [0.5, 0.6) is 0 Å². The summed E-state index contributed by atoms with van der Waals surface area (Å²) in [5.41, 5.74) is -3.66. The summed E-state index contributed by atoms with van der Waals surface area (Å²) in [4.78, 5) is 15.6. The van der Waals surface area contributed by atoms with Crippen molar-refractivity contribution in [3.63, 3.8) is 0 Å². The van der Waals surface area contributed by atoms with Gasteiger partial charge in [0.2, 0.25) is 0 Å². The average Bonchev–Trinajstić information content (AvgIpc) is 2.46. The molecule has 0 fully saturated rings. The largest absolute Gasteiger partial charge is 0.462 e. The van der Waals surface area contributed by atoms with Gasteiger partial charge in [0, 0.05) is 16.7 Å². The Morgan fingerprint density at radius 3 is 2.64 bits per heavy atom. The van der Waals surface area contributed by atoms with E-state index in [-0.39, 0.29) is 28.8 Å². The monoisotopic (exact) mass is 327 g/mol. The summed E-state index contributed by atoms with van der Waals surface area (Å²) >= 11 is -0.276. The normalized spacial score (nSPS) is 11.3. The molecule has 0 aliphatic heterocycles. The van der Waals surface area contributed by atoms with Crippen LogP contribution in [0.2, 0.25) is 0 Å². The van der Waals surface area contributed by atoms with E-state index in [1.165, 1.54) is 24.4 Å². The molecule has 0 atom stereocenters. The maximum atomic E-state index is 12.7. The Labute approximate surface area is 129 Å². The minimum absolute atomic E-state index is 0.0771. The third-order valence-electron chi connectivity index (χ3n) is 2.66. The van der Waals surface area contributed by atoms with Crippen molar-refractivity contribution in [3.05, 3.63) is 48.2 Å². The topological polar surface area (TPSA) is 39.2 Å². The zero-order valence-corrected chi connectivity index (χ0v) is 12.4. The Morgan fingerprint density at radius 1 is 1.27 bits per heavy atom. The lowest BCUT2D eigenvalue weighted by atomic mass is 10.1. The van der Waals surface area contributed by atoms with Gasteiger partial charge in [0.25, 0.3) is 0 Å². The number of carbonyl (C=O) groups excluding carboxylic acids is 1. The van der Waals surface area contributed by atoms with Gasteiger partial charge < -0.3 is 4.74 Å². The molecule has 0 saturated heterocycles. The van der Waals surface area contributed by atoms with Crippen LogP contribution in [0.15, 0.2) is 47.5 Å². The maximum absolute atomic E-state index is 12.7. The van der Waals surface area contributed by atoms with Crippen molar-refractivity contribution < 1.29 is 22.7 Å². The van der Waals surface area contributed by atoms with Gasteiger partial charge >= 0.3 is 11.5 Å². The van der Waals surface area contributed by atoms with E-state index in [1.807, 2.05) is 0 Å². The minimum atomic E-state index is -4.46. The van der Waals surface area contributed by atoms with Crippen LogP contribution < -0.4 is 0 Å². The first-order valence-electron chi connectivity index (χ1n) is 6.39. The van der Waals surface area contributed by atoms with Gasteiger partial charge in [-0.1, -0.05) is 12.1 Å². The summed E-state index contributed by atoms with van der Waals surface area (Å²) in [5, 5.41) is 0. The lowest BCUT2D eigenvalue weighted by Crippen LogP contribution is -2.06. The number of aromatic nitrogens is 1. The number of nitrogens with zero attached hydrogens (tertiary/aromatic N) is 1. The number of esters is 1. The fourth-order valence-electron chi connectivity index (χ4n) is 1.81. The van der Waals surface area contributed by atoms with Crippen LogP contribution in [0.25, 0.3) is 11.3 Å². The molecule has 7 heteroatoms. The number of rotatable bonds is 4. The summed E-state index contributed by atoms with van der Waals surface area (Å²) in [6, 6.07) is 9.03. The molecule has 0 spiro atoms. The van der Waals surface area contributed by atoms with Crippen molar-refractivity contribution in [1.29, 1.82) is 0 Å². The van der Waals surface area contributed by atoms with E-state index in [1.54, 1.807) is 25.1 Å². The number of hydrogen-bond donors (Lipinski definition) is 0. The molecule has 0 aliphatic carbocycles. The lowest BCUT2D eigenvalue weighted by molar-refractivity contribution is -0.0328. The molecule has 2 aromatic rings. The van der Waals surface area contributed by atoms with Gasteiger partial charge in [0.15, 0.2) is 0 Å². The van der Waals surface area contributed by atoms with Crippen LogP contribution in [-0.4, -0.2) is 23.1 Å². The van der Waals surface area contributed by atoms with Crippen LogP contribution in [0.1, 0.15) is 17.3 Å². The molecule has 0 saturated carbocycles. The van der Waals surface area contributed by atoms with Crippen molar-refractivity contribution in [2.75, 3.05) is 6.61 Å². The number of carbonyl (C=O) groups is 1. The highest BCUT2D eigenvalue weighted by atomic mass is 32.2. The number of alkyl halides is 3. The fraction of sp³-hybridized carbons (Fsp3) is 0.200. The molecule has 0 N–H and O–H groups in total. The van der Waals surface area contributed by atoms with E-state index in [0.29, 0.717) is 11.3 Å². The summed E-state index contributed by atoms with van der Waals surface area (Å²) in [6.45, 7) is 1.79. The first kappa shape index (κ1) is 16.4. The Hall–Kier alpha value is -2.02. The van der Waals surface area contributed by atoms with Crippen LogP contribution >= 0.6 is 11.8 Å². The Balaban J connectivity index is 2.47. The predicted octanol–water partition coefficient (Wildman–Crippen LogP) is 4.54. The van der Waals surface area contributed by atoms with E-state index in [2.05, 4.69) is 4.98 Å². The number of benzene rings is 1. The van der Waals surface area contributed by atoms with E-state index in [4.69, 9.17) is 4.74 Å². The Kier molecular flexibility index (Phi) is 5.07. The highest BCUT2D eigenvalue weighted by Gasteiger charge is 2.31. The van der Waals surface area contributed by atoms with Crippen molar-refractivity contribution in [2.45, 2.75) is 17.3 Å². The van der Waals surface area contributed by atoms with Crippen molar-refractivity contribution in [3.8, 4) is 11.3 Å². The fourth-order valence-corrected chi connectivity index (χ4v) is 2.52. The minimum Gasteiger partial charge on any atom is -0.462 e. The van der Waals surface area contributed by atoms with Crippen LogP contribution in [-0.2, 0) is 4.74 Å². The molecule has 0 bridgehead atoms. The lowest BCUT2D eigenvalue weighted by Gasteiger charge is -2.12. The maximum Gasteiger partial charge on any atom is 0.446 e. The molecule has 0 unspecified atom stereocenters. The van der Waals surface area contributed by atoms with Crippen molar-refractivity contribution in [2.24, 2.45) is 0 Å². The molecule has 116 valence electrons. The van der Waals surface area contributed by atoms with Gasteiger partial charge in [-0.2, -0.15) is 13.2 Å². The molecule has 22 heavy (non-hydrogen) atoms. The van der Waals surface area contributed by atoms with Crippen LogP contribution in [0, 0.1) is 0 Å². The number of ether oxygens (including phenoxy) is 1. The molecule has 1 heterocycles. The molecule has 0 aliphatic rings.